The number of hydrogen-bond donors (Lipinski definition) is 1. The molecular weight excluding hydrogens is 396 g/mol. The molecule has 0 radical (unpaired) electrons. The summed E-state index contributed by atoms with van der Waals surface area (Å²) in [6, 6.07) is 11.9. The maximum atomic E-state index is 12.9. The first kappa shape index (κ1) is 20.4. The molecule has 3 heterocycles. The molecule has 1 aliphatic rings. The van der Waals surface area contributed by atoms with Crippen molar-refractivity contribution in [1.82, 2.24) is 19.7 Å². The SMILES string of the molecule is CSc1cccc(NC(=O)C2CCCN(c3cc(-n4nc(C)cc4C)ncn3)C2)c1. The number of thioether (sulfide) groups is 1. The quantitative estimate of drug-likeness (QED) is 0.630. The summed E-state index contributed by atoms with van der Waals surface area (Å²) in [6.07, 6.45) is 5.42. The fraction of sp³-hybridized carbons (Fsp3) is 0.364. The van der Waals surface area contributed by atoms with E-state index in [1.807, 2.05) is 61.2 Å². The molecule has 0 bridgehead atoms. The molecule has 2 aromatic heterocycles. The van der Waals surface area contributed by atoms with Gasteiger partial charge >= 0.3 is 0 Å². The van der Waals surface area contributed by atoms with Gasteiger partial charge in [-0.05, 0) is 57.2 Å². The van der Waals surface area contributed by atoms with Crippen molar-refractivity contribution in [2.24, 2.45) is 5.92 Å². The molecule has 1 aromatic carbocycles. The summed E-state index contributed by atoms with van der Waals surface area (Å²) in [6.45, 7) is 5.49. The van der Waals surface area contributed by atoms with Crippen LogP contribution in [0.4, 0.5) is 11.5 Å². The topological polar surface area (TPSA) is 75.9 Å². The van der Waals surface area contributed by atoms with E-state index < -0.39 is 0 Å². The fourth-order valence-electron chi connectivity index (χ4n) is 3.83. The van der Waals surface area contributed by atoms with Gasteiger partial charge in [-0.2, -0.15) is 5.10 Å². The van der Waals surface area contributed by atoms with Crippen LogP contribution in [0.3, 0.4) is 0 Å². The number of carbonyl (C=O) groups excluding carboxylic acids is 1. The number of carbonyl (C=O) groups is 1. The van der Waals surface area contributed by atoms with Crippen molar-refractivity contribution in [1.29, 1.82) is 0 Å². The minimum absolute atomic E-state index is 0.0609. The van der Waals surface area contributed by atoms with Gasteiger partial charge < -0.3 is 10.2 Å². The van der Waals surface area contributed by atoms with Crippen LogP contribution in [0.1, 0.15) is 24.2 Å². The monoisotopic (exact) mass is 422 g/mol. The van der Waals surface area contributed by atoms with E-state index in [-0.39, 0.29) is 11.8 Å². The zero-order valence-corrected chi connectivity index (χ0v) is 18.3. The van der Waals surface area contributed by atoms with Gasteiger partial charge in [-0.1, -0.05) is 6.07 Å². The molecule has 1 fully saturated rings. The Morgan fingerprint density at radius 1 is 1.17 bits per heavy atom. The molecule has 4 rings (SSSR count). The average molecular weight is 423 g/mol. The molecule has 30 heavy (non-hydrogen) atoms. The predicted molar refractivity (Wildman–Crippen MR) is 120 cm³/mol. The van der Waals surface area contributed by atoms with Crippen molar-refractivity contribution < 1.29 is 4.79 Å². The van der Waals surface area contributed by atoms with Gasteiger partial charge in [-0.15, -0.1) is 11.8 Å². The average Bonchev–Trinajstić information content (AvgIpc) is 3.12. The van der Waals surface area contributed by atoms with E-state index in [0.29, 0.717) is 6.54 Å². The number of rotatable bonds is 5. The number of amides is 1. The molecule has 0 aliphatic carbocycles. The third-order valence-corrected chi connectivity index (χ3v) is 6.04. The van der Waals surface area contributed by atoms with E-state index >= 15 is 0 Å². The molecule has 1 N–H and O–H groups in total. The predicted octanol–water partition coefficient (Wildman–Crippen LogP) is 3.86. The lowest BCUT2D eigenvalue weighted by Crippen LogP contribution is -2.41. The molecule has 3 aromatic rings. The van der Waals surface area contributed by atoms with Crippen LogP contribution in [-0.4, -0.2) is 45.0 Å². The Morgan fingerprint density at radius 3 is 2.77 bits per heavy atom. The van der Waals surface area contributed by atoms with Gasteiger partial charge in [0.1, 0.15) is 12.1 Å². The zero-order chi connectivity index (χ0) is 21.1. The highest BCUT2D eigenvalue weighted by Crippen LogP contribution is 2.25. The van der Waals surface area contributed by atoms with Gasteiger partial charge in [0.2, 0.25) is 5.91 Å². The minimum atomic E-state index is -0.0798. The largest absolute Gasteiger partial charge is 0.356 e. The smallest absolute Gasteiger partial charge is 0.229 e. The molecule has 1 atom stereocenters. The first-order chi connectivity index (χ1) is 14.5. The summed E-state index contributed by atoms with van der Waals surface area (Å²) >= 11 is 1.66. The lowest BCUT2D eigenvalue weighted by molar-refractivity contribution is -0.120. The summed E-state index contributed by atoms with van der Waals surface area (Å²) in [7, 11) is 0. The Morgan fingerprint density at radius 2 is 2.00 bits per heavy atom. The van der Waals surface area contributed by atoms with Crippen molar-refractivity contribution in [3.63, 3.8) is 0 Å². The lowest BCUT2D eigenvalue weighted by atomic mass is 9.97. The Hall–Kier alpha value is -2.87. The van der Waals surface area contributed by atoms with Gasteiger partial charge in [0.15, 0.2) is 5.82 Å². The first-order valence-electron chi connectivity index (χ1n) is 10.1. The third kappa shape index (κ3) is 4.48. The van der Waals surface area contributed by atoms with E-state index in [4.69, 9.17) is 0 Å². The molecule has 0 spiro atoms. The number of nitrogens with zero attached hydrogens (tertiary/aromatic N) is 5. The Labute approximate surface area is 180 Å². The van der Waals surface area contributed by atoms with Crippen molar-refractivity contribution in [3.05, 3.63) is 54.1 Å². The van der Waals surface area contributed by atoms with Crippen LogP contribution in [0.15, 0.2) is 47.6 Å². The number of hydrogen-bond acceptors (Lipinski definition) is 6. The van der Waals surface area contributed by atoms with Crippen LogP contribution in [0, 0.1) is 19.8 Å². The normalized spacial score (nSPS) is 16.5. The lowest BCUT2D eigenvalue weighted by Gasteiger charge is -2.33. The van der Waals surface area contributed by atoms with Crippen molar-refractivity contribution in [2.75, 3.05) is 29.6 Å². The van der Waals surface area contributed by atoms with Crippen LogP contribution >= 0.6 is 11.8 Å². The molecule has 8 heteroatoms. The molecule has 1 unspecified atom stereocenters. The van der Waals surface area contributed by atoms with Crippen molar-refractivity contribution >= 4 is 29.2 Å². The van der Waals surface area contributed by atoms with Gasteiger partial charge in [-0.3, -0.25) is 4.79 Å². The molecular formula is C22H26N6OS. The Balaban J connectivity index is 1.48. The summed E-state index contributed by atoms with van der Waals surface area (Å²) in [5.41, 5.74) is 2.83. The molecule has 0 saturated carbocycles. The zero-order valence-electron chi connectivity index (χ0n) is 17.5. The minimum Gasteiger partial charge on any atom is -0.356 e. The first-order valence-corrected chi connectivity index (χ1v) is 11.3. The molecule has 7 nitrogen and oxygen atoms in total. The van der Waals surface area contributed by atoms with Crippen molar-refractivity contribution in [2.45, 2.75) is 31.6 Å². The third-order valence-electron chi connectivity index (χ3n) is 5.32. The summed E-state index contributed by atoms with van der Waals surface area (Å²) in [5, 5.41) is 7.59. The van der Waals surface area contributed by atoms with E-state index in [2.05, 4.69) is 25.3 Å². The van der Waals surface area contributed by atoms with Gasteiger partial charge in [0.25, 0.3) is 0 Å². The Kier molecular flexibility index (Phi) is 6.03. The summed E-state index contributed by atoms with van der Waals surface area (Å²) < 4.78 is 1.83. The number of benzene rings is 1. The van der Waals surface area contributed by atoms with Crippen LogP contribution in [0.2, 0.25) is 0 Å². The summed E-state index contributed by atoms with van der Waals surface area (Å²) in [5.74, 6) is 1.55. The van der Waals surface area contributed by atoms with Gasteiger partial charge in [0, 0.05) is 35.4 Å². The van der Waals surface area contributed by atoms with E-state index in [1.54, 1.807) is 18.1 Å². The van der Waals surface area contributed by atoms with Crippen LogP contribution in [-0.2, 0) is 4.79 Å². The number of nitrogens with one attached hydrogen (secondary N) is 1. The van der Waals surface area contributed by atoms with E-state index in [9.17, 15) is 4.79 Å². The highest BCUT2D eigenvalue weighted by atomic mass is 32.2. The summed E-state index contributed by atoms with van der Waals surface area (Å²) in [4.78, 5) is 25.0. The number of aromatic nitrogens is 4. The molecule has 1 amide bonds. The fourth-order valence-corrected chi connectivity index (χ4v) is 4.29. The van der Waals surface area contributed by atoms with Crippen LogP contribution in [0.5, 0.6) is 0 Å². The number of anilines is 2. The molecule has 1 aliphatic heterocycles. The standard InChI is InChI=1S/C22H26N6OS/c1-15-10-16(2)28(26-15)21-12-20(23-14-24-21)27-9-5-6-17(13-27)22(29)25-18-7-4-8-19(11-18)30-3/h4,7-8,10-12,14,17H,5-6,9,13H2,1-3H3,(H,25,29). The second kappa shape index (κ2) is 8.87. The van der Waals surface area contributed by atoms with E-state index in [0.717, 1.165) is 53.0 Å². The molecule has 156 valence electrons. The highest BCUT2D eigenvalue weighted by molar-refractivity contribution is 7.98. The Bertz CT molecular complexity index is 1050. The number of piperidine rings is 1. The van der Waals surface area contributed by atoms with Gasteiger partial charge in [0.05, 0.1) is 11.6 Å². The van der Waals surface area contributed by atoms with Crippen molar-refractivity contribution in [3.8, 4) is 5.82 Å². The highest BCUT2D eigenvalue weighted by Gasteiger charge is 2.27. The van der Waals surface area contributed by atoms with E-state index in [1.165, 1.54) is 0 Å². The van der Waals surface area contributed by atoms with Gasteiger partial charge in [-0.25, -0.2) is 14.6 Å². The van der Waals surface area contributed by atoms with Crippen LogP contribution in [0.25, 0.3) is 5.82 Å². The second-order valence-corrected chi connectivity index (χ2v) is 8.46. The maximum absolute atomic E-state index is 12.9. The maximum Gasteiger partial charge on any atom is 0.229 e. The second-order valence-electron chi connectivity index (χ2n) is 7.58. The molecule has 1 saturated heterocycles. The number of aryl methyl sites for hydroxylation is 2. The van der Waals surface area contributed by atoms with Crippen LogP contribution < -0.4 is 10.2 Å².